The number of Topliss-reactive ketones (excluding diaryl/α,β-unsaturated/α-hetero) is 1. The Hall–Kier alpha value is -4.19. The van der Waals surface area contributed by atoms with Crippen LogP contribution in [0.4, 0.5) is 0 Å². The molecular formula is C29H26N2O4. The Labute approximate surface area is 203 Å². The molecule has 6 heteroatoms. The van der Waals surface area contributed by atoms with Crippen molar-refractivity contribution < 1.29 is 19.2 Å². The summed E-state index contributed by atoms with van der Waals surface area (Å²) < 4.78 is 2.22. The third-order valence-electron chi connectivity index (χ3n) is 6.61. The zero-order valence-corrected chi connectivity index (χ0v) is 20.0. The molecule has 35 heavy (non-hydrogen) atoms. The Morgan fingerprint density at radius 2 is 1.80 bits per heavy atom. The second-order valence-electron chi connectivity index (χ2n) is 8.83. The highest BCUT2D eigenvalue weighted by molar-refractivity contribution is 6.18. The first-order valence-electron chi connectivity index (χ1n) is 11.8. The highest BCUT2D eigenvalue weighted by Crippen LogP contribution is 2.34. The van der Waals surface area contributed by atoms with Crippen LogP contribution in [0.1, 0.15) is 57.7 Å². The zero-order valence-electron chi connectivity index (χ0n) is 20.0. The molecular weight excluding hydrogens is 440 g/mol. The van der Waals surface area contributed by atoms with Gasteiger partial charge in [-0.25, -0.2) is 5.48 Å². The molecule has 0 saturated carbocycles. The van der Waals surface area contributed by atoms with Crippen molar-refractivity contribution in [2.75, 3.05) is 0 Å². The summed E-state index contributed by atoms with van der Waals surface area (Å²) in [5.41, 5.74) is 8.58. The SMILES string of the molecule is CCn1c2ccc(C(=O)c3ccccc3C)cc2c2cc3c(cc21)CCC=C(NOC(C)=O)C3=O. The van der Waals surface area contributed by atoms with Gasteiger partial charge in [0.15, 0.2) is 5.78 Å². The number of carbonyl (C=O) groups is 3. The molecule has 0 aliphatic heterocycles. The Kier molecular flexibility index (Phi) is 5.73. The molecule has 0 spiro atoms. The maximum atomic E-state index is 13.3. The van der Waals surface area contributed by atoms with E-state index >= 15 is 0 Å². The first-order chi connectivity index (χ1) is 16.9. The molecule has 1 aliphatic rings. The average Bonchev–Trinajstić information content (AvgIpc) is 3.07. The lowest BCUT2D eigenvalue weighted by molar-refractivity contribution is -0.146. The van der Waals surface area contributed by atoms with Gasteiger partial charge in [0.1, 0.15) is 5.70 Å². The van der Waals surface area contributed by atoms with E-state index in [0.29, 0.717) is 29.5 Å². The highest BCUT2D eigenvalue weighted by Gasteiger charge is 2.23. The van der Waals surface area contributed by atoms with Crippen molar-refractivity contribution in [1.29, 1.82) is 0 Å². The van der Waals surface area contributed by atoms with E-state index in [2.05, 4.69) is 23.0 Å². The molecule has 1 aromatic heterocycles. The molecule has 0 fully saturated rings. The van der Waals surface area contributed by atoms with Crippen molar-refractivity contribution in [3.05, 3.63) is 94.2 Å². The number of hydrogen-bond acceptors (Lipinski definition) is 5. The number of benzene rings is 3. The lowest BCUT2D eigenvalue weighted by Crippen LogP contribution is -2.23. The molecule has 5 rings (SSSR count). The number of nitrogens with one attached hydrogen (secondary N) is 1. The van der Waals surface area contributed by atoms with Gasteiger partial charge < -0.3 is 9.40 Å². The van der Waals surface area contributed by atoms with Gasteiger partial charge in [-0.15, -0.1) is 0 Å². The summed E-state index contributed by atoms with van der Waals surface area (Å²) in [6, 6.07) is 17.4. The van der Waals surface area contributed by atoms with E-state index in [1.807, 2.05) is 55.5 Å². The summed E-state index contributed by atoms with van der Waals surface area (Å²) in [6.07, 6.45) is 3.11. The van der Waals surface area contributed by atoms with Crippen molar-refractivity contribution in [1.82, 2.24) is 10.0 Å². The molecule has 0 atom stereocenters. The molecule has 4 aromatic rings. The molecule has 6 nitrogen and oxygen atoms in total. The second kappa shape index (κ2) is 8.87. The standard InChI is InChI=1S/C29H26N2O4/c1-4-31-26-13-12-20(28(33)21-10-6-5-8-17(21)2)14-23(26)24-16-22-19(15-27(24)31)9-7-11-25(29(22)34)30-35-18(3)32/h5-6,8,10-16,30H,4,7,9H2,1-3H3. The van der Waals surface area contributed by atoms with E-state index in [0.717, 1.165) is 39.5 Å². The summed E-state index contributed by atoms with van der Waals surface area (Å²) in [7, 11) is 0. The minimum absolute atomic E-state index is 0.0240. The van der Waals surface area contributed by atoms with Crippen molar-refractivity contribution in [2.45, 2.75) is 40.2 Å². The number of carbonyl (C=O) groups excluding carboxylic acids is 3. The first-order valence-corrected chi connectivity index (χ1v) is 11.8. The minimum Gasteiger partial charge on any atom is -0.344 e. The lowest BCUT2D eigenvalue weighted by Gasteiger charge is -2.10. The van der Waals surface area contributed by atoms with Gasteiger partial charge in [-0.3, -0.25) is 14.4 Å². The topological polar surface area (TPSA) is 77.4 Å². The van der Waals surface area contributed by atoms with Crippen LogP contribution in [0.25, 0.3) is 21.8 Å². The number of hydrogen-bond donors (Lipinski definition) is 1. The van der Waals surface area contributed by atoms with Crippen LogP contribution in [0.3, 0.4) is 0 Å². The fourth-order valence-electron chi connectivity index (χ4n) is 4.90. The Balaban J connectivity index is 1.67. The Morgan fingerprint density at radius 1 is 1.03 bits per heavy atom. The van der Waals surface area contributed by atoms with Gasteiger partial charge in [0.2, 0.25) is 5.78 Å². The van der Waals surface area contributed by atoms with Crippen LogP contribution < -0.4 is 5.48 Å². The van der Waals surface area contributed by atoms with Gasteiger partial charge in [0.05, 0.1) is 0 Å². The molecule has 0 amide bonds. The second-order valence-corrected chi connectivity index (χ2v) is 8.83. The maximum Gasteiger partial charge on any atom is 0.329 e. The molecule has 1 N–H and O–H groups in total. The molecule has 1 aliphatic carbocycles. The smallest absolute Gasteiger partial charge is 0.329 e. The van der Waals surface area contributed by atoms with Crippen LogP contribution >= 0.6 is 0 Å². The molecule has 0 bridgehead atoms. The third kappa shape index (κ3) is 3.91. The van der Waals surface area contributed by atoms with Crippen molar-refractivity contribution in [3.63, 3.8) is 0 Å². The number of rotatable bonds is 5. The fraction of sp³-hybridized carbons (Fsp3) is 0.207. The van der Waals surface area contributed by atoms with Crippen LogP contribution in [0.15, 0.2) is 66.4 Å². The predicted octanol–water partition coefficient (Wildman–Crippen LogP) is 5.43. The fourth-order valence-corrected chi connectivity index (χ4v) is 4.90. The number of ketones is 2. The third-order valence-corrected chi connectivity index (χ3v) is 6.61. The zero-order chi connectivity index (χ0) is 24.7. The average molecular weight is 467 g/mol. The molecule has 1 heterocycles. The van der Waals surface area contributed by atoms with Gasteiger partial charge >= 0.3 is 5.97 Å². The number of aryl methyl sites for hydroxylation is 3. The normalized spacial score (nSPS) is 13.3. The summed E-state index contributed by atoms with van der Waals surface area (Å²) in [6.45, 7) is 6.06. The quantitative estimate of drug-likeness (QED) is 0.313. The van der Waals surface area contributed by atoms with E-state index in [-0.39, 0.29) is 17.3 Å². The number of nitrogens with zero attached hydrogens (tertiary/aromatic N) is 1. The maximum absolute atomic E-state index is 13.3. The van der Waals surface area contributed by atoms with Gasteiger partial charge in [-0.2, -0.15) is 0 Å². The van der Waals surface area contributed by atoms with E-state index in [4.69, 9.17) is 4.84 Å². The van der Waals surface area contributed by atoms with Crippen molar-refractivity contribution in [3.8, 4) is 0 Å². The Bertz CT molecular complexity index is 1560. The first kappa shape index (κ1) is 22.6. The summed E-state index contributed by atoms with van der Waals surface area (Å²) in [4.78, 5) is 42.7. The minimum atomic E-state index is -0.518. The van der Waals surface area contributed by atoms with Gasteiger partial charge in [-0.1, -0.05) is 30.3 Å². The summed E-state index contributed by atoms with van der Waals surface area (Å²) in [5, 5.41) is 1.85. The molecule has 0 saturated heterocycles. The van der Waals surface area contributed by atoms with Gasteiger partial charge in [0.25, 0.3) is 0 Å². The summed E-state index contributed by atoms with van der Waals surface area (Å²) >= 11 is 0. The van der Waals surface area contributed by atoms with Crippen LogP contribution in [0, 0.1) is 6.92 Å². The van der Waals surface area contributed by atoms with Crippen LogP contribution in [0.5, 0.6) is 0 Å². The number of fused-ring (bicyclic) bond motifs is 4. The number of aromatic nitrogens is 1. The van der Waals surface area contributed by atoms with Crippen molar-refractivity contribution >= 4 is 39.3 Å². The van der Waals surface area contributed by atoms with E-state index < -0.39 is 5.97 Å². The van der Waals surface area contributed by atoms with E-state index in [1.165, 1.54) is 6.92 Å². The Morgan fingerprint density at radius 3 is 2.54 bits per heavy atom. The largest absolute Gasteiger partial charge is 0.344 e. The molecule has 3 aromatic carbocycles. The van der Waals surface area contributed by atoms with Crippen molar-refractivity contribution in [2.24, 2.45) is 0 Å². The molecule has 0 radical (unpaired) electrons. The number of allylic oxidation sites excluding steroid dienone is 2. The van der Waals surface area contributed by atoms with Crippen LogP contribution in [0.2, 0.25) is 0 Å². The van der Waals surface area contributed by atoms with Gasteiger partial charge in [-0.05, 0) is 68.1 Å². The number of hydroxylamine groups is 1. The monoisotopic (exact) mass is 466 g/mol. The molecule has 176 valence electrons. The lowest BCUT2D eigenvalue weighted by atomic mass is 9.96. The van der Waals surface area contributed by atoms with Crippen LogP contribution in [-0.4, -0.2) is 22.1 Å². The van der Waals surface area contributed by atoms with Crippen LogP contribution in [-0.2, 0) is 22.6 Å². The van der Waals surface area contributed by atoms with E-state index in [9.17, 15) is 14.4 Å². The highest BCUT2D eigenvalue weighted by atomic mass is 16.7. The predicted molar refractivity (Wildman–Crippen MR) is 135 cm³/mol. The van der Waals surface area contributed by atoms with E-state index in [1.54, 1.807) is 6.08 Å². The summed E-state index contributed by atoms with van der Waals surface area (Å²) in [5.74, 6) is -0.760. The molecule has 0 unspecified atom stereocenters. The van der Waals surface area contributed by atoms with Gasteiger partial charge in [0, 0.05) is 52.0 Å².